The fraction of sp³-hybridized carbons (Fsp3) is 0.556. The Kier molecular flexibility index (Phi) is 7.45. The van der Waals surface area contributed by atoms with Crippen LogP contribution in [0.5, 0.6) is 0 Å². The molecule has 2 heterocycles. The van der Waals surface area contributed by atoms with Crippen molar-refractivity contribution in [2.45, 2.75) is 89.6 Å². The maximum absolute atomic E-state index is 12.3. The Balaban J connectivity index is 1.38. The highest BCUT2D eigenvalue weighted by molar-refractivity contribution is 5.93. The molecule has 0 bridgehead atoms. The van der Waals surface area contributed by atoms with Crippen LogP contribution in [0.2, 0.25) is 0 Å². The minimum atomic E-state index is -0.131. The number of unbranched alkanes of at least 4 members (excludes halogenated alkanes) is 1. The average Bonchev–Trinajstić information content (AvgIpc) is 3.53. The van der Waals surface area contributed by atoms with Crippen molar-refractivity contribution >= 4 is 28.7 Å². The molecule has 0 aliphatic heterocycles. The lowest BCUT2D eigenvalue weighted by atomic mass is 9.96. The van der Waals surface area contributed by atoms with Gasteiger partial charge in [-0.3, -0.25) is 0 Å². The smallest absolute Gasteiger partial charge is 0.319 e. The van der Waals surface area contributed by atoms with Crippen LogP contribution < -0.4 is 16.0 Å². The molecule has 8 heteroatoms. The van der Waals surface area contributed by atoms with Crippen LogP contribution in [-0.2, 0) is 0 Å². The summed E-state index contributed by atoms with van der Waals surface area (Å²) in [4.78, 5) is 21.8. The molecule has 2 aliphatic carbocycles. The van der Waals surface area contributed by atoms with Crippen LogP contribution in [0.15, 0.2) is 30.5 Å². The van der Waals surface area contributed by atoms with E-state index < -0.39 is 0 Å². The number of nitrogens with one attached hydrogen (secondary N) is 3. The molecule has 2 amide bonds. The van der Waals surface area contributed by atoms with Crippen molar-refractivity contribution in [1.82, 2.24) is 25.1 Å². The van der Waals surface area contributed by atoms with Gasteiger partial charge in [-0.2, -0.15) is 10.1 Å². The van der Waals surface area contributed by atoms with Crippen molar-refractivity contribution < 1.29 is 4.79 Å². The minimum absolute atomic E-state index is 0.131. The molecule has 0 saturated heterocycles. The monoisotopic (exact) mass is 475 g/mol. The molecule has 0 spiro atoms. The molecule has 3 aromatic rings. The number of benzene rings is 1. The van der Waals surface area contributed by atoms with E-state index in [9.17, 15) is 4.79 Å². The summed E-state index contributed by atoms with van der Waals surface area (Å²) in [6.07, 6.45) is 14.7. The van der Waals surface area contributed by atoms with Gasteiger partial charge in [-0.15, -0.1) is 0 Å². The molecule has 0 unspecified atom stereocenters. The molecule has 1 aromatic carbocycles. The zero-order valence-electron chi connectivity index (χ0n) is 20.7. The zero-order chi connectivity index (χ0) is 24.0. The largest absolute Gasteiger partial charge is 0.354 e. The van der Waals surface area contributed by atoms with Crippen LogP contribution in [0, 0.1) is 0 Å². The van der Waals surface area contributed by atoms with Crippen molar-refractivity contribution in [3.05, 3.63) is 30.5 Å². The maximum atomic E-state index is 12.3. The second-order valence-corrected chi connectivity index (χ2v) is 9.95. The maximum Gasteiger partial charge on any atom is 0.319 e. The summed E-state index contributed by atoms with van der Waals surface area (Å²) in [5.74, 6) is 0.669. The molecule has 2 aliphatic rings. The Morgan fingerprint density at radius 2 is 1.77 bits per heavy atom. The predicted octanol–water partition coefficient (Wildman–Crippen LogP) is 6.27. The van der Waals surface area contributed by atoms with Gasteiger partial charge in [-0.1, -0.05) is 57.6 Å². The second kappa shape index (κ2) is 11.1. The normalized spacial score (nSPS) is 17.1. The Morgan fingerprint density at radius 1 is 1.03 bits per heavy atom. The Morgan fingerprint density at radius 3 is 2.51 bits per heavy atom. The van der Waals surface area contributed by atoms with Crippen LogP contribution in [-0.4, -0.2) is 38.4 Å². The summed E-state index contributed by atoms with van der Waals surface area (Å²) < 4.78 is 2.14. The highest BCUT2D eigenvalue weighted by Crippen LogP contribution is 2.34. The molecule has 5 rings (SSSR count). The first-order valence-corrected chi connectivity index (χ1v) is 13.4. The molecule has 2 saturated carbocycles. The summed E-state index contributed by atoms with van der Waals surface area (Å²) in [5.41, 5.74) is 3.58. The van der Waals surface area contributed by atoms with Gasteiger partial charge in [0.25, 0.3) is 0 Å². The van der Waals surface area contributed by atoms with E-state index in [2.05, 4.69) is 32.5 Å². The molecule has 8 nitrogen and oxygen atoms in total. The lowest BCUT2D eigenvalue weighted by Crippen LogP contribution is -2.36. The van der Waals surface area contributed by atoms with Gasteiger partial charge in [0.05, 0.1) is 11.4 Å². The minimum Gasteiger partial charge on any atom is -0.354 e. The Labute approximate surface area is 207 Å². The summed E-state index contributed by atoms with van der Waals surface area (Å²) in [6, 6.07) is 8.46. The van der Waals surface area contributed by atoms with Crippen LogP contribution >= 0.6 is 0 Å². The number of hydrogen-bond acceptors (Lipinski definition) is 5. The second-order valence-electron chi connectivity index (χ2n) is 9.95. The molecular weight excluding hydrogens is 438 g/mol. The molecule has 186 valence electrons. The van der Waals surface area contributed by atoms with E-state index in [0.717, 1.165) is 73.0 Å². The van der Waals surface area contributed by atoms with E-state index in [4.69, 9.17) is 10.1 Å². The van der Waals surface area contributed by atoms with Gasteiger partial charge in [0.15, 0.2) is 5.65 Å². The molecule has 2 aromatic heterocycles. The van der Waals surface area contributed by atoms with Gasteiger partial charge >= 0.3 is 6.03 Å². The van der Waals surface area contributed by atoms with Crippen molar-refractivity contribution in [3.63, 3.8) is 0 Å². The first-order chi connectivity index (χ1) is 17.2. The third-order valence-corrected chi connectivity index (χ3v) is 7.29. The van der Waals surface area contributed by atoms with Crippen molar-refractivity contribution in [3.8, 4) is 11.3 Å². The number of nitrogens with zero attached hydrogens (tertiary/aromatic N) is 4. The van der Waals surface area contributed by atoms with Crippen molar-refractivity contribution in [1.29, 1.82) is 0 Å². The third-order valence-electron chi connectivity index (χ3n) is 7.29. The Hall–Kier alpha value is -3.16. The molecular formula is C27H37N7O. The number of amides is 2. The van der Waals surface area contributed by atoms with Gasteiger partial charge in [0, 0.05) is 30.0 Å². The number of carbonyl (C=O) groups is 1. The van der Waals surface area contributed by atoms with Crippen LogP contribution in [0.1, 0.15) is 83.6 Å². The summed E-state index contributed by atoms with van der Waals surface area (Å²) >= 11 is 0. The van der Waals surface area contributed by atoms with Crippen molar-refractivity contribution in [2.24, 2.45) is 0 Å². The highest BCUT2D eigenvalue weighted by Gasteiger charge is 2.23. The van der Waals surface area contributed by atoms with Gasteiger partial charge in [-0.05, 0) is 44.2 Å². The number of rotatable bonds is 8. The first-order valence-electron chi connectivity index (χ1n) is 13.4. The van der Waals surface area contributed by atoms with E-state index in [1.807, 2.05) is 30.5 Å². The average molecular weight is 476 g/mol. The number of fused-ring (bicyclic) bond motifs is 1. The van der Waals surface area contributed by atoms with Crippen LogP contribution in [0.25, 0.3) is 22.3 Å². The standard InChI is InChI=1S/C27H37N7O/c1-2-3-17-28-26-29-18-23-24(33-34(25(23)32-26)22-11-5-4-6-12-22)19-13-15-21(16-14-19)31-27(35)30-20-9-7-8-10-20/h13-16,18,20,22H,2-12,17H2,1H3,(H,28,29,32)(H2,30,31,35). The molecule has 35 heavy (non-hydrogen) atoms. The first kappa shape index (κ1) is 23.6. The fourth-order valence-electron chi connectivity index (χ4n) is 5.31. The lowest BCUT2D eigenvalue weighted by Gasteiger charge is -2.22. The van der Waals surface area contributed by atoms with E-state index in [0.29, 0.717) is 18.0 Å². The summed E-state index contributed by atoms with van der Waals surface area (Å²) in [5, 5.41) is 15.4. The molecule has 2 fully saturated rings. The van der Waals surface area contributed by atoms with Gasteiger partial charge in [0.1, 0.15) is 5.69 Å². The lowest BCUT2D eigenvalue weighted by molar-refractivity contribution is 0.248. The van der Waals surface area contributed by atoms with Crippen LogP contribution in [0.3, 0.4) is 0 Å². The fourth-order valence-corrected chi connectivity index (χ4v) is 5.31. The number of anilines is 2. The molecule has 0 atom stereocenters. The third kappa shape index (κ3) is 5.57. The quantitative estimate of drug-likeness (QED) is 0.333. The summed E-state index contributed by atoms with van der Waals surface area (Å²) in [6.45, 7) is 3.05. The molecule has 3 N–H and O–H groups in total. The van der Waals surface area contributed by atoms with Crippen LogP contribution in [0.4, 0.5) is 16.4 Å². The molecule has 0 radical (unpaired) electrons. The topological polar surface area (TPSA) is 96.8 Å². The highest BCUT2D eigenvalue weighted by atomic mass is 16.2. The van der Waals surface area contributed by atoms with Crippen molar-refractivity contribution in [2.75, 3.05) is 17.2 Å². The van der Waals surface area contributed by atoms with E-state index in [1.165, 1.54) is 32.1 Å². The van der Waals surface area contributed by atoms with Gasteiger partial charge in [0.2, 0.25) is 5.95 Å². The SMILES string of the molecule is CCCCNc1ncc2c(-c3ccc(NC(=O)NC4CCCC4)cc3)nn(C3CCCCC3)c2n1. The predicted molar refractivity (Wildman–Crippen MR) is 141 cm³/mol. The summed E-state index contributed by atoms with van der Waals surface area (Å²) in [7, 11) is 0. The van der Waals surface area contributed by atoms with E-state index in [1.54, 1.807) is 0 Å². The van der Waals surface area contributed by atoms with E-state index in [-0.39, 0.29) is 6.03 Å². The zero-order valence-corrected chi connectivity index (χ0v) is 20.7. The number of aromatic nitrogens is 4. The van der Waals surface area contributed by atoms with Gasteiger partial charge in [-0.25, -0.2) is 14.5 Å². The number of hydrogen-bond donors (Lipinski definition) is 3. The Bertz CT molecular complexity index is 1130. The number of carbonyl (C=O) groups excluding carboxylic acids is 1. The number of urea groups is 1. The van der Waals surface area contributed by atoms with E-state index >= 15 is 0 Å². The van der Waals surface area contributed by atoms with Gasteiger partial charge < -0.3 is 16.0 Å².